The molecule has 1 aromatic carbocycles. The number of primary amides is 1. The molecule has 3 atom stereocenters. The number of carbonyl (C=O) groups is 1. The number of benzene rings is 1. The molecule has 2 heterocycles. The first-order valence-electron chi connectivity index (χ1n) is 7.79. The lowest BCUT2D eigenvalue weighted by Gasteiger charge is -2.21. The van der Waals surface area contributed by atoms with Crippen molar-refractivity contribution in [2.24, 2.45) is 5.73 Å². The van der Waals surface area contributed by atoms with Crippen molar-refractivity contribution in [3.8, 4) is 0 Å². The molecule has 4 N–H and O–H groups in total. The van der Waals surface area contributed by atoms with Gasteiger partial charge in [0.05, 0.1) is 11.1 Å². The van der Waals surface area contributed by atoms with Crippen molar-refractivity contribution in [1.29, 1.82) is 0 Å². The van der Waals surface area contributed by atoms with Crippen molar-refractivity contribution >= 4 is 35.1 Å². The average Bonchev–Trinajstić information content (AvgIpc) is 3.08. The van der Waals surface area contributed by atoms with Crippen LogP contribution in [0.4, 0.5) is 10.1 Å². The van der Waals surface area contributed by atoms with E-state index in [-0.39, 0.29) is 22.6 Å². The Morgan fingerprint density at radius 2 is 2.26 bits per heavy atom. The van der Waals surface area contributed by atoms with Crippen molar-refractivity contribution in [3.63, 3.8) is 0 Å². The van der Waals surface area contributed by atoms with Gasteiger partial charge in [-0.1, -0.05) is 24.2 Å². The Morgan fingerprint density at radius 3 is 3.04 bits per heavy atom. The average molecular weight is 351 g/mol. The van der Waals surface area contributed by atoms with Gasteiger partial charge >= 0.3 is 0 Å². The van der Waals surface area contributed by atoms with Crippen LogP contribution in [0, 0.1) is 5.82 Å². The minimum absolute atomic E-state index is 0.118. The van der Waals surface area contributed by atoms with E-state index in [0.717, 1.165) is 29.7 Å². The lowest BCUT2D eigenvalue weighted by atomic mass is 9.90. The highest BCUT2D eigenvalue weighted by Gasteiger charge is 2.39. The van der Waals surface area contributed by atoms with Crippen molar-refractivity contribution in [2.75, 3.05) is 5.32 Å². The van der Waals surface area contributed by atoms with Crippen LogP contribution in [0.25, 0.3) is 0 Å². The lowest BCUT2D eigenvalue weighted by molar-refractivity contribution is -0.114. The normalized spacial score (nSPS) is 29.2. The summed E-state index contributed by atoms with van der Waals surface area (Å²) in [4.78, 5) is 12.8. The zero-order valence-electron chi connectivity index (χ0n) is 12.5. The van der Waals surface area contributed by atoms with E-state index in [0.29, 0.717) is 10.9 Å². The number of fused-ring (bicyclic) bond motifs is 2. The van der Waals surface area contributed by atoms with Gasteiger partial charge in [0, 0.05) is 15.7 Å². The number of halogens is 1. The van der Waals surface area contributed by atoms with Gasteiger partial charge in [0.1, 0.15) is 11.3 Å². The summed E-state index contributed by atoms with van der Waals surface area (Å²) < 4.78 is 13.8. The van der Waals surface area contributed by atoms with Crippen molar-refractivity contribution in [2.45, 2.75) is 46.7 Å². The Hall–Kier alpha value is -1.18. The number of nitrogens with one attached hydrogen (secondary N) is 2. The summed E-state index contributed by atoms with van der Waals surface area (Å²) in [6, 6.07) is 5.05. The summed E-state index contributed by atoms with van der Waals surface area (Å²) >= 11 is 3.30. The van der Waals surface area contributed by atoms with E-state index in [1.807, 2.05) is 6.07 Å². The molecule has 1 amide bonds. The maximum atomic E-state index is 13.8. The number of rotatable bonds is 3. The van der Waals surface area contributed by atoms with Crippen molar-refractivity contribution in [1.82, 2.24) is 5.32 Å². The van der Waals surface area contributed by atoms with Gasteiger partial charge < -0.3 is 11.1 Å². The van der Waals surface area contributed by atoms with E-state index in [1.165, 1.54) is 29.8 Å². The topological polar surface area (TPSA) is 67.2 Å². The fourth-order valence-electron chi connectivity index (χ4n) is 3.49. The molecule has 0 bridgehead atoms. The van der Waals surface area contributed by atoms with Crippen LogP contribution in [0.15, 0.2) is 34.2 Å². The Kier molecular flexibility index (Phi) is 4.03. The maximum Gasteiger partial charge on any atom is 0.247 e. The zero-order chi connectivity index (χ0) is 16.0. The van der Waals surface area contributed by atoms with Gasteiger partial charge in [-0.2, -0.15) is 0 Å². The summed E-state index contributed by atoms with van der Waals surface area (Å²) in [6.45, 7) is 0. The third-order valence-electron chi connectivity index (χ3n) is 4.52. The van der Waals surface area contributed by atoms with E-state index < -0.39 is 0 Å². The van der Waals surface area contributed by atoms with E-state index in [4.69, 9.17) is 5.73 Å². The van der Waals surface area contributed by atoms with Gasteiger partial charge in [0.2, 0.25) is 5.91 Å². The van der Waals surface area contributed by atoms with Crippen LogP contribution >= 0.6 is 23.5 Å². The third kappa shape index (κ3) is 2.75. The smallest absolute Gasteiger partial charge is 0.247 e. The summed E-state index contributed by atoms with van der Waals surface area (Å²) in [5, 5.41) is 6.87. The maximum absolute atomic E-state index is 13.8. The SMILES string of the molecule is NC(=O)C1=C2CCCCC2SC1NC1Nc2c(F)cccc2S1. The zero-order valence-corrected chi connectivity index (χ0v) is 14.1. The van der Waals surface area contributed by atoms with E-state index in [2.05, 4.69) is 10.6 Å². The van der Waals surface area contributed by atoms with Crippen LogP contribution in [0.5, 0.6) is 0 Å². The van der Waals surface area contributed by atoms with Gasteiger partial charge in [-0.3, -0.25) is 10.1 Å². The van der Waals surface area contributed by atoms with Crippen LogP contribution in [0.3, 0.4) is 0 Å². The van der Waals surface area contributed by atoms with Gasteiger partial charge in [-0.15, -0.1) is 11.8 Å². The number of para-hydroxylation sites is 1. The number of anilines is 1. The Bertz CT molecular complexity index is 694. The number of thioether (sulfide) groups is 2. The van der Waals surface area contributed by atoms with Gasteiger partial charge in [0.25, 0.3) is 0 Å². The Morgan fingerprint density at radius 1 is 1.39 bits per heavy atom. The lowest BCUT2D eigenvalue weighted by Crippen LogP contribution is -2.40. The van der Waals surface area contributed by atoms with Crippen molar-refractivity contribution in [3.05, 3.63) is 35.2 Å². The predicted octanol–water partition coefficient (Wildman–Crippen LogP) is 3.01. The first-order valence-corrected chi connectivity index (χ1v) is 9.61. The molecule has 0 saturated heterocycles. The van der Waals surface area contributed by atoms with Crippen molar-refractivity contribution < 1.29 is 9.18 Å². The molecule has 1 fully saturated rings. The highest BCUT2D eigenvalue weighted by atomic mass is 32.2. The van der Waals surface area contributed by atoms with Crippen LogP contribution in [-0.2, 0) is 4.79 Å². The minimum atomic E-state index is -0.332. The molecular formula is C16H18FN3OS2. The molecule has 3 unspecified atom stereocenters. The number of hydrogen-bond donors (Lipinski definition) is 3. The summed E-state index contributed by atoms with van der Waals surface area (Å²) in [5.41, 5.74) is 7.97. The molecule has 3 aliphatic rings. The fourth-order valence-corrected chi connectivity index (χ4v) is 6.30. The molecule has 4 rings (SSSR count). The first kappa shape index (κ1) is 15.4. The molecule has 0 radical (unpaired) electrons. The van der Waals surface area contributed by atoms with Crippen LogP contribution < -0.4 is 16.4 Å². The largest absolute Gasteiger partial charge is 0.366 e. The van der Waals surface area contributed by atoms with Gasteiger partial charge in [-0.25, -0.2) is 4.39 Å². The summed E-state index contributed by atoms with van der Waals surface area (Å²) in [5.74, 6) is -0.582. The quantitative estimate of drug-likeness (QED) is 0.781. The predicted molar refractivity (Wildman–Crippen MR) is 92.7 cm³/mol. The minimum Gasteiger partial charge on any atom is -0.366 e. The van der Waals surface area contributed by atoms with Gasteiger partial charge in [0.15, 0.2) is 0 Å². The van der Waals surface area contributed by atoms with Crippen LogP contribution in [-0.4, -0.2) is 22.0 Å². The first-order chi connectivity index (χ1) is 11.1. The number of amides is 1. The third-order valence-corrected chi connectivity index (χ3v) is 7.10. The molecule has 0 aromatic heterocycles. The molecule has 2 aliphatic heterocycles. The van der Waals surface area contributed by atoms with E-state index in [1.54, 1.807) is 17.8 Å². The molecule has 1 aromatic rings. The summed E-state index contributed by atoms with van der Waals surface area (Å²) in [7, 11) is 0. The molecule has 1 saturated carbocycles. The molecule has 7 heteroatoms. The fraction of sp³-hybridized carbons (Fsp3) is 0.438. The number of nitrogens with two attached hydrogens (primary N) is 1. The molecule has 0 spiro atoms. The molecule has 4 nitrogen and oxygen atoms in total. The van der Waals surface area contributed by atoms with Crippen LogP contribution in [0.2, 0.25) is 0 Å². The summed E-state index contributed by atoms with van der Waals surface area (Å²) in [6.07, 6.45) is 4.40. The second-order valence-electron chi connectivity index (χ2n) is 5.98. The number of hydrogen-bond acceptors (Lipinski definition) is 5. The Balaban J connectivity index is 1.53. The van der Waals surface area contributed by atoms with E-state index >= 15 is 0 Å². The second kappa shape index (κ2) is 6.03. The highest BCUT2D eigenvalue weighted by molar-refractivity contribution is 8.01. The monoisotopic (exact) mass is 351 g/mol. The number of carbonyl (C=O) groups excluding carboxylic acids is 1. The second-order valence-corrected chi connectivity index (χ2v) is 8.44. The standard InChI is InChI=1S/C16H18FN3OS2/c17-9-5-3-7-11-13(9)19-16(23-11)20-15-12(14(18)21)8-4-1-2-6-10(8)22-15/h3,5,7,10,15-16,19-20H,1-2,4,6H2,(H2,18,21). The van der Waals surface area contributed by atoms with E-state index in [9.17, 15) is 9.18 Å². The Labute approximate surface area is 142 Å². The molecule has 1 aliphatic carbocycles. The highest BCUT2D eigenvalue weighted by Crippen LogP contribution is 2.46. The molecule has 23 heavy (non-hydrogen) atoms. The molecule has 122 valence electrons. The van der Waals surface area contributed by atoms with Gasteiger partial charge in [-0.05, 0) is 37.0 Å². The molecular weight excluding hydrogens is 333 g/mol. The van der Waals surface area contributed by atoms with Crippen LogP contribution in [0.1, 0.15) is 25.7 Å².